The van der Waals surface area contributed by atoms with Gasteiger partial charge in [0.25, 0.3) is 11.8 Å². The van der Waals surface area contributed by atoms with Gasteiger partial charge in [-0.25, -0.2) is 9.98 Å². The molecule has 2 aromatic carbocycles. The van der Waals surface area contributed by atoms with E-state index < -0.39 is 5.91 Å². The Balaban J connectivity index is 1.53. The number of nitrogens with zero attached hydrogens (tertiary/aromatic N) is 3. The second-order valence-corrected chi connectivity index (χ2v) is 9.18. The molecule has 1 aliphatic heterocycles. The molecule has 1 saturated heterocycles. The molecule has 9 heteroatoms. The Bertz CT molecular complexity index is 1260. The van der Waals surface area contributed by atoms with Crippen molar-refractivity contribution in [3.8, 4) is 0 Å². The van der Waals surface area contributed by atoms with Gasteiger partial charge >= 0.3 is 0 Å². The number of amides is 2. The molecular formula is C26H28N6O2S. The quantitative estimate of drug-likeness (QED) is 0.363. The van der Waals surface area contributed by atoms with Gasteiger partial charge in [0.05, 0.1) is 15.9 Å². The summed E-state index contributed by atoms with van der Waals surface area (Å²) in [6.07, 6.45) is 2.49. The van der Waals surface area contributed by atoms with Crippen molar-refractivity contribution in [3.05, 3.63) is 83.7 Å². The Kier molecular flexibility index (Phi) is 7.69. The lowest BCUT2D eigenvalue weighted by atomic mass is 10.1. The third-order valence-electron chi connectivity index (χ3n) is 5.58. The van der Waals surface area contributed by atoms with Gasteiger partial charge < -0.3 is 16.0 Å². The van der Waals surface area contributed by atoms with Crippen LogP contribution < -0.4 is 16.4 Å². The predicted octanol–water partition coefficient (Wildman–Crippen LogP) is 3.54. The van der Waals surface area contributed by atoms with Crippen LogP contribution in [0.2, 0.25) is 0 Å². The van der Waals surface area contributed by atoms with Crippen molar-refractivity contribution in [1.29, 1.82) is 0 Å². The minimum atomic E-state index is -0.454. The number of carbonyl (C=O) groups excluding carboxylic acids is 2. The lowest BCUT2D eigenvalue weighted by Gasteiger charge is -2.20. The summed E-state index contributed by atoms with van der Waals surface area (Å²) in [6, 6.07) is 14.8. The molecule has 1 aromatic heterocycles. The Hall–Kier alpha value is -3.82. The lowest BCUT2D eigenvalue weighted by molar-refractivity contribution is -0.112. The van der Waals surface area contributed by atoms with E-state index in [0.717, 1.165) is 41.8 Å². The summed E-state index contributed by atoms with van der Waals surface area (Å²) in [5, 5.41) is 6.56. The second-order valence-electron chi connectivity index (χ2n) is 8.15. The normalized spacial score (nSPS) is 15.3. The lowest BCUT2D eigenvalue weighted by Crippen LogP contribution is -2.34. The fourth-order valence-corrected chi connectivity index (χ4v) is 4.62. The Labute approximate surface area is 208 Å². The van der Waals surface area contributed by atoms with Crippen LogP contribution in [0.3, 0.4) is 0 Å². The number of nitrogens with two attached hydrogens (primary N) is 1. The third kappa shape index (κ3) is 5.82. The number of hydrogen-bond acceptors (Lipinski definition) is 7. The maximum absolute atomic E-state index is 13.0. The number of fused-ring (bicyclic) bond motifs is 1. The summed E-state index contributed by atoms with van der Waals surface area (Å²) in [5.41, 5.74) is 8.98. The minimum absolute atomic E-state index is 0.00550. The highest BCUT2D eigenvalue weighted by molar-refractivity contribution is 7.22. The molecule has 0 unspecified atom stereocenters. The van der Waals surface area contributed by atoms with Gasteiger partial charge in [-0.1, -0.05) is 42.2 Å². The first-order chi connectivity index (χ1) is 17.0. The van der Waals surface area contributed by atoms with Crippen LogP contribution in [0.4, 0.5) is 5.13 Å². The number of rotatable bonds is 6. The number of nitrogens with one attached hydrogen (secondary N) is 2. The first-order valence-electron chi connectivity index (χ1n) is 11.4. The first kappa shape index (κ1) is 24.3. The van der Waals surface area contributed by atoms with Gasteiger partial charge in [-0.05, 0) is 50.2 Å². The van der Waals surface area contributed by atoms with Crippen molar-refractivity contribution < 1.29 is 9.59 Å². The molecule has 8 nitrogen and oxygen atoms in total. The van der Waals surface area contributed by atoms with E-state index in [2.05, 4.69) is 27.2 Å². The fraction of sp³-hybridized carbons (Fsp3) is 0.231. The molecule has 0 atom stereocenters. The monoisotopic (exact) mass is 488 g/mol. The molecule has 1 aliphatic rings. The molecule has 0 saturated carbocycles. The number of aliphatic imine (C=N–C) groups is 1. The number of hydrogen-bond donors (Lipinski definition) is 3. The zero-order valence-corrected chi connectivity index (χ0v) is 20.4. The maximum Gasteiger partial charge on any atom is 0.277 e. The average molecular weight is 489 g/mol. The van der Waals surface area contributed by atoms with Crippen molar-refractivity contribution in [2.75, 3.05) is 31.5 Å². The summed E-state index contributed by atoms with van der Waals surface area (Å²) in [7, 11) is 0. The van der Waals surface area contributed by atoms with E-state index in [-0.39, 0.29) is 17.3 Å². The first-order valence-corrected chi connectivity index (χ1v) is 12.2. The van der Waals surface area contributed by atoms with Gasteiger partial charge in [0.1, 0.15) is 5.70 Å². The predicted molar refractivity (Wildman–Crippen MR) is 142 cm³/mol. The Morgan fingerprint density at radius 2 is 1.89 bits per heavy atom. The molecule has 2 heterocycles. The fourth-order valence-electron chi connectivity index (χ4n) is 3.76. The number of para-hydroxylation sites is 1. The molecule has 180 valence electrons. The number of allylic oxidation sites excluding steroid dienone is 2. The van der Waals surface area contributed by atoms with Crippen molar-refractivity contribution in [1.82, 2.24) is 15.2 Å². The molecule has 3 aromatic rings. The number of benzene rings is 2. The molecule has 1 fully saturated rings. The zero-order valence-electron chi connectivity index (χ0n) is 19.6. The number of anilines is 1. The van der Waals surface area contributed by atoms with E-state index in [4.69, 9.17) is 5.73 Å². The van der Waals surface area contributed by atoms with Crippen LogP contribution in [-0.4, -0.2) is 53.6 Å². The van der Waals surface area contributed by atoms with Crippen molar-refractivity contribution in [2.24, 2.45) is 10.7 Å². The van der Waals surface area contributed by atoms with Crippen LogP contribution in [0.5, 0.6) is 0 Å². The van der Waals surface area contributed by atoms with Crippen LogP contribution in [0, 0.1) is 0 Å². The molecule has 4 rings (SSSR count). The summed E-state index contributed by atoms with van der Waals surface area (Å²) in [5.74, 6) is -0.448. The largest absolute Gasteiger partial charge is 0.400 e. The van der Waals surface area contributed by atoms with Crippen molar-refractivity contribution in [2.45, 2.75) is 13.3 Å². The zero-order chi connectivity index (χ0) is 24.8. The molecule has 35 heavy (non-hydrogen) atoms. The van der Waals surface area contributed by atoms with Crippen LogP contribution in [-0.2, 0) is 4.79 Å². The van der Waals surface area contributed by atoms with Gasteiger partial charge in [0, 0.05) is 36.5 Å². The number of carbonyl (C=O) groups is 2. The van der Waals surface area contributed by atoms with E-state index in [1.807, 2.05) is 29.2 Å². The molecule has 0 spiro atoms. The van der Waals surface area contributed by atoms with Crippen LogP contribution >= 0.6 is 11.3 Å². The minimum Gasteiger partial charge on any atom is -0.400 e. The molecule has 4 N–H and O–H groups in total. The second kappa shape index (κ2) is 11.1. The van der Waals surface area contributed by atoms with E-state index in [1.165, 1.54) is 11.3 Å². The topological polar surface area (TPSA) is 113 Å². The van der Waals surface area contributed by atoms with Crippen LogP contribution in [0.1, 0.15) is 29.3 Å². The molecule has 2 amide bonds. The Morgan fingerprint density at radius 1 is 1.14 bits per heavy atom. The molecule has 0 aliphatic carbocycles. The van der Waals surface area contributed by atoms with E-state index >= 15 is 0 Å². The molecule has 0 radical (unpaired) electrons. The summed E-state index contributed by atoms with van der Waals surface area (Å²) in [4.78, 5) is 36.7. The van der Waals surface area contributed by atoms with Crippen molar-refractivity contribution >= 4 is 44.2 Å². The standard InChI is InChI=1S/C26H28N6O2S/c1-3-20(18-9-11-19(12-10-18)25(34)32-15-6-13-28-14-16-32)29-23(17(2)27)24(33)31-26-30-21-7-4-5-8-22(21)35-26/h3-5,7-12,28H,1,6,13-16,27H2,2H3,(H,30,31,33)/b23-17+,29-20?. The number of aromatic nitrogens is 1. The van der Waals surface area contributed by atoms with Gasteiger partial charge in [0.15, 0.2) is 5.13 Å². The number of thiazole rings is 1. The molecular weight excluding hydrogens is 460 g/mol. The van der Waals surface area contributed by atoms with Crippen molar-refractivity contribution in [3.63, 3.8) is 0 Å². The van der Waals surface area contributed by atoms with Crippen LogP contribution in [0.25, 0.3) is 10.2 Å². The van der Waals surface area contributed by atoms with Gasteiger partial charge in [-0.2, -0.15) is 0 Å². The average Bonchev–Trinajstić information content (AvgIpc) is 3.07. The van der Waals surface area contributed by atoms with Gasteiger partial charge in [-0.15, -0.1) is 0 Å². The molecule has 0 bridgehead atoms. The van der Waals surface area contributed by atoms with Gasteiger partial charge in [-0.3, -0.25) is 14.9 Å². The van der Waals surface area contributed by atoms with Crippen LogP contribution in [0.15, 0.2) is 77.6 Å². The maximum atomic E-state index is 13.0. The smallest absolute Gasteiger partial charge is 0.277 e. The summed E-state index contributed by atoms with van der Waals surface area (Å²) >= 11 is 1.38. The van der Waals surface area contributed by atoms with E-state index in [9.17, 15) is 9.59 Å². The summed E-state index contributed by atoms with van der Waals surface area (Å²) < 4.78 is 0.971. The third-order valence-corrected chi connectivity index (χ3v) is 6.54. The summed E-state index contributed by atoms with van der Waals surface area (Å²) in [6.45, 7) is 8.61. The SMILES string of the molecule is C=CC(=N/C(C(=O)Nc1nc2ccccc2s1)=C(\C)N)c1ccc(C(=O)N2CCCNCC2)cc1. The Morgan fingerprint density at radius 3 is 2.60 bits per heavy atom. The van der Waals surface area contributed by atoms with E-state index in [1.54, 1.807) is 37.3 Å². The highest BCUT2D eigenvalue weighted by Crippen LogP contribution is 2.26. The van der Waals surface area contributed by atoms with Gasteiger partial charge in [0.2, 0.25) is 0 Å². The highest BCUT2D eigenvalue weighted by Gasteiger charge is 2.18. The van der Waals surface area contributed by atoms with E-state index in [0.29, 0.717) is 23.0 Å². The highest BCUT2D eigenvalue weighted by atomic mass is 32.1.